The van der Waals surface area contributed by atoms with Gasteiger partial charge in [-0.15, -0.1) is 0 Å². The predicted octanol–water partition coefficient (Wildman–Crippen LogP) is 4.93. The molecule has 1 atom stereocenters. The van der Waals surface area contributed by atoms with E-state index in [4.69, 9.17) is 14.2 Å². The van der Waals surface area contributed by atoms with Crippen molar-refractivity contribution in [2.75, 3.05) is 13.2 Å². The van der Waals surface area contributed by atoms with Gasteiger partial charge in [0.1, 0.15) is 17.2 Å². The van der Waals surface area contributed by atoms with Crippen LogP contribution in [0.4, 0.5) is 8.78 Å². The quantitative estimate of drug-likeness (QED) is 0.486. The molecule has 1 aromatic carbocycles. The van der Waals surface area contributed by atoms with Gasteiger partial charge in [0.25, 0.3) is 0 Å². The number of hydrogen-bond donors (Lipinski definition) is 0. The van der Waals surface area contributed by atoms with Crippen LogP contribution in [0.2, 0.25) is 0 Å². The highest BCUT2D eigenvalue weighted by Crippen LogP contribution is 2.50. The number of benzene rings is 1. The lowest BCUT2D eigenvalue weighted by molar-refractivity contribution is -0.162. The molecular formula is C22H28F2O4. The highest BCUT2D eigenvalue weighted by atomic mass is 19.1. The number of hydrogen-bond acceptors (Lipinski definition) is 4. The molecule has 2 saturated carbocycles. The van der Waals surface area contributed by atoms with Gasteiger partial charge in [-0.3, -0.25) is 0 Å². The lowest BCUT2D eigenvalue weighted by Gasteiger charge is -2.26. The second-order valence-electron chi connectivity index (χ2n) is 8.41. The Morgan fingerprint density at radius 3 is 2.50 bits per heavy atom. The molecule has 1 unspecified atom stereocenters. The van der Waals surface area contributed by atoms with Crippen LogP contribution in [0.3, 0.4) is 0 Å². The van der Waals surface area contributed by atoms with Gasteiger partial charge < -0.3 is 14.2 Å². The topological polar surface area (TPSA) is 44.8 Å². The zero-order valence-electron chi connectivity index (χ0n) is 16.2. The minimum atomic E-state index is -0.700. The van der Waals surface area contributed by atoms with E-state index in [2.05, 4.69) is 0 Å². The van der Waals surface area contributed by atoms with E-state index >= 15 is 0 Å². The van der Waals surface area contributed by atoms with Crippen molar-refractivity contribution in [1.29, 1.82) is 0 Å². The molecule has 1 aliphatic heterocycles. The molecular weight excluding hydrogens is 366 g/mol. The highest BCUT2D eigenvalue weighted by molar-refractivity contribution is 5.89. The van der Waals surface area contributed by atoms with Crippen LogP contribution in [0.1, 0.15) is 73.7 Å². The summed E-state index contributed by atoms with van der Waals surface area (Å²) in [5.41, 5.74) is -0.466. The second-order valence-corrected chi connectivity index (χ2v) is 8.41. The van der Waals surface area contributed by atoms with E-state index in [1.807, 2.05) is 0 Å². The van der Waals surface area contributed by atoms with Crippen LogP contribution >= 0.6 is 0 Å². The largest absolute Gasteiger partial charge is 0.455 e. The standard InChI is InChI=1S/C22H28F2O4/c23-18-12-16(21(25)28-22-8-6-15(14-22)7-9-22)13-19(24)17(18)4-3-11-27-20-5-1-2-10-26-20/h12-13,15,20H,1-11,14H2. The van der Waals surface area contributed by atoms with E-state index in [0.717, 1.165) is 63.5 Å². The van der Waals surface area contributed by atoms with Crippen molar-refractivity contribution in [2.24, 2.45) is 5.92 Å². The smallest absolute Gasteiger partial charge is 0.338 e. The molecule has 2 aliphatic carbocycles. The number of rotatable bonds is 7. The van der Waals surface area contributed by atoms with Gasteiger partial charge in [0.2, 0.25) is 0 Å². The summed E-state index contributed by atoms with van der Waals surface area (Å²) in [4.78, 5) is 12.4. The number of ether oxygens (including phenoxy) is 3. The number of esters is 1. The summed E-state index contributed by atoms with van der Waals surface area (Å²) in [5.74, 6) is -1.39. The zero-order valence-corrected chi connectivity index (χ0v) is 16.2. The van der Waals surface area contributed by atoms with Gasteiger partial charge in [-0.05, 0) is 82.3 Å². The third-order valence-electron chi connectivity index (χ3n) is 6.38. The first-order valence-corrected chi connectivity index (χ1v) is 10.5. The second kappa shape index (κ2) is 8.46. The predicted molar refractivity (Wildman–Crippen MR) is 98.9 cm³/mol. The average molecular weight is 394 g/mol. The molecule has 154 valence electrons. The number of fused-ring (bicyclic) bond motifs is 2. The van der Waals surface area contributed by atoms with Gasteiger partial charge in [-0.25, -0.2) is 13.6 Å². The third kappa shape index (κ3) is 4.38. The summed E-state index contributed by atoms with van der Waals surface area (Å²) < 4.78 is 45.6. The van der Waals surface area contributed by atoms with Gasteiger partial charge in [0, 0.05) is 12.2 Å². The molecule has 4 rings (SSSR count). The first-order valence-electron chi connectivity index (χ1n) is 10.5. The molecule has 2 bridgehead atoms. The summed E-state index contributed by atoms with van der Waals surface area (Å²) in [5, 5.41) is 0. The molecule has 6 heteroatoms. The van der Waals surface area contributed by atoms with Crippen LogP contribution in [-0.2, 0) is 20.6 Å². The van der Waals surface area contributed by atoms with Crippen LogP contribution in [-0.4, -0.2) is 31.1 Å². The van der Waals surface area contributed by atoms with E-state index in [1.54, 1.807) is 0 Å². The molecule has 0 amide bonds. The maximum Gasteiger partial charge on any atom is 0.338 e. The Hall–Kier alpha value is -1.53. The molecule has 0 aromatic heterocycles. The van der Waals surface area contributed by atoms with E-state index < -0.39 is 23.2 Å². The lowest BCUT2D eigenvalue weighted by atomic mass is 9.97. The van der Waals surface area contributed by atoms with Crippen LogP contribution in [0.5, 0.6) is 0 Å². The molecule has 1 heterocycles. The molecule has 0 spiro atoms. The fourth-order valence-corrected chi connectivity index (χ4v) is 4.80. The van der Waals surface area contributed by atoms with Crippen LogP contribution in [0.15, 0.2) is 12.1 Å². The van der Waals surface area contributed by atoms with Gasteiger partial charge in [-0.1, -0.05) is 0 Å². The van der Waals surface area contributed by atoms with Crippen LogP contribution in [0, 0.1) is 17.6 Å². The highest BCUT2D eigenvalue weighted by Gasteiger charge is 2.48. The summed E-state index contributed by atoms with van der Waals surface area (Å²) in [6.07, 6.45) is 8.23. The van der Waals surface area contributed by atoms with Gasteiger partial charge in [-0.2, -0.15) is 0 Å². The number of carbonyl (C=O) groups excluding carboxylic acids is 1. The van der Waals surface area contributed by atoms with E-state index in [0.29, 0.717) is 25.6 Å². The van der Waals surface area contributed by atoms with Crippen LogP contribution < -0.4 is 0 Å². The van der Waals surface area contributed by atoms with Gasteiger partial charge in [0.05, 0.1) is 12.2 Å². The fourth-order valence-electron chi connectivity index (χ4n) is 4.80. The fraction of sp³-hybridized carbons (Fsp3) is 0.682. The summed E-state index contributed by atoms with van der Waals surface area (Å²) >= 11 is 0. The Morgan fingerprint density at radius 1 is 1.14 bits per heavy atom. The Labute approximate surface area is 164 Å². The molecule has 3 aliphatic rings. The summed E-state index contributed by atoms with van der Waals surface area (Å²) in [6.45, 7) is 1.09. The number of halogens is 2. The van der Waals surface area contributed by atoms with Gasteiger partial charge in [0.15, 0.2) is 6.29 Å². The van der Waals surface area contributed by atoms with Crippen molar-refractivity contribution in [3.63, 3.8) is 0 Å². The normalized spacial score (nSPS) is 29.2. The molecule has 4 nitrogen and oxygen atoms in total. The minimum Gasteiger partial charge on any atom is -0.455 e. The average Bonchev–Trinajstić information content (AvgIpc) is 3.28. The monoisotopic (exact) mass is 394 g/mol. The lowest BCUT2D eigenvalue weighted by Crippen LogP contribution is -2.30. The molecule has 3 fully saturated rings. The molecule has 28 heavy (non-hydrogen) atoms. The van der Waals surface area contributed by atoms with Crippen molar-refractivity contribution >= 4 is 5.97 Å². The maximum absolute atomic E-state index is 14.4. The van der Waals surface area contributed by atoms with Crippen molar-refractivity contribution in [3.8, 4) is 0 Å². The van der Waals surface area contributed by atoms with E-state index in [9.17, 15) is 13.6 Å². The minimum absolute atomic E-state index is 0.00956. The Kier molecular flexibility index (Phi) is 5.97. The molecule has 1 saturated heterocycles. The first kappa shape index (κ1) is 19.8. The summed E-state index contributed by atoms with van der Waals surface area (Å²) in [7, 11) is 0. The first-order chi connectivity index (χ1) is 13.5. The Bertz CT molecular complexity index is 683. The number of carbonyl (C=O) groups is 1. The maximum atomic E-state index is 14.4. The van der Waals surface area contributed by atoms with Crippen molar-refractivity contribution in [3.05, 3.63) is 34.9 Å². The van der Waals surface area contributed by atoms with Crippen molar-refractivity contribution < 1.29 is 27.8 Å². The van der Waals surface area contributed by atoms with E-state index in [1.165, 1.54) is 0 Å². The molecule has 0 N–H and O–H groups in total. The summed E-state index contributed by atoms with van der Waals surface area (Å²) in [6, 6.07) is 2.20. The van der Waals surface area contributed by atoms with Crippen molar-refractivity contribution in [1.82, 2.24) is 0 Å². The zero-order chi connectivity index (χ0) is 19.6. The third-order valence-corrected chi connectivity index (χ3v) is 6.38. The SMILES string of the molecule is O=C(OC12CCC(CC1)C2)c1cc(F)c(CCCOC2CCCCO2)c(F)c1. The van der Waals surface area contributed by atoms with Gasteiger partial charge >= 0.3 is 5.97 Å². The van der Waals surface area contributed by atoms with E-state index in [-0.39, 0.29) is 23.8 Å². The molecule has 1 aromatic rings. The Balaban J connectivity index is 1.31. The Morgan fingerprint density at radius 2 is 1.89 bits per heavy atom. The van der Waals surface area contributed by atoms with Crippen LogP contribution in [0.25, 0.3) is 0 Å². The van der Waals surface area contributed by atoms with Crippen molar-refractivity contribution in [2.45, 2.75) is 76.1 Å². The molecule has 0 radical (unpaired) electrons.